The molecule has 1 aliphatic rings. The number of hydrazone groups is 1. The van der Waals surface area contributed by atoms with E-state index in [0.717, 1.165) is 52.7 Å². The highest BCUT2D eigenvalue weighted by Crippen LogP contribution is 2.30. The molecule has 1 aromatic carbocycles. The molecule has 3 aromatic rings. The molecule has 4 nitrogen and oxygen atoms in total. The standard InChI is InChI=1S/C17H14ClN3OS/c18-13-5-2-1-4-11(13)15-10-23-17(19-15)21-20-14-6-3-7-16-12(14)8-9-22-16/h1-2,4-5,8-10H,3,6-7H2,(H,19,21). The molecule has 0 saturated heterocycles. The van der Waals surface area contributed by atoms with Crippen LogP contribution in [-0.2, 0) is 6.42 Å². The predicted octanol–water partition coefficient (Wildman–Crippen LogP) is 5.21. The molecular weight excluding hydrogens is 330 g/mol. The van der Waals surface area contributed by atoms with Crippen LogP contribution in [0.15, 0.2) is 51.5 Å². The van der Waals surface area contributed by atoms with Crippen LogP contribution in [0.4, 0.5) is 5.13 Å². The van der Waals surface area contributed by atoms with Crippen molar-refractivity contribution in [2.75, 3.05) is 5.43 Å². The zero-order valence-corrected chi connectivity index (χ0v) is 13.8. The summed E-state index contributed by atoms with van der Waals surface area (Å²) in [5.41, 5.74) is 6.98. The lowest BCUT2D eigenvalue weighted by Crippen LogP contribution is -2.11. The van der Waals surface area contributed by atoms with E-state index >= 15 is 0 Å². The van der Waals surface area contributed by atoms with Gasteiger partial charge < -0.3 is 4.42 Å². The minimum absolute atomic E-state index is 0.700. The number of hydrogen-bond donors (Lipinski definition) is 1. The molecule has 2 aromatic heterocycles. The molecule has 116 valence electrons. The molecule has 0 saturated carbocycles. The van der Waals surface area contributed by atoms with Gasteiger partial charge in [0.1, 0.15) is 5.76 Å². The fraction of sp³-hybridized carbons (Fsp3) is 0.176. The Morgan fingerprint density at radius 2 is 2.09 bits per heavy atom. The van der Waals surface area contributed by atoms with E-state index in [-0.39, 0.29) is 0 Å². The quantitative estimate of drug-likeness (QED) is 0.664. The number of aromatic nitrogens is 1. The third-order valence-corrected chi connectivity index (χ3v) is 4.89. The Kier molecular flexibility index (Phi) is 3.89. The summed E-state index contributed by atoms with van der Waals surface area (Å²) >= 11 is 7.73. The largest absolute Gasteiger partial charge is 0.469 e. The Bertz CT molecular complexity index is 868. The molecule has 1 N–H and O–H groups in total. The van der Waals surface area contributed by atoms with Crippen LogP contribution in [-0.4, -0.2) is 10.7 Å². The lowest BCUT2D eigenvalue weighted by molar-refractivity contribution is 0.498. The number of anilines is 1. The minimum Gasteiger partial charge on any atom is -0.469 e. The van der Waals surface area contributed by atoms with E-state index in [1.54, 1.807) is 6.26 Å². The number of aryl methyl sites for hydroxylation is 1. The first kappa shape index (κ1) is 14.5. The van der Waals surface area contributed by atoms with Gasteiger partial charge in [-0.2, -0.15) is 5.10 Å². The fourth-order valence-corrected chi connectivity index (χ4v) is 3.58. The van der Waals surface area contributed by atoms with Gasteiger partial charge in [0.2, 0.25) is 5.13 Å². The summed E-state index contributed by atoms with van der Waals surface area (Å²) in [7, 11) is 0. The Morgan fingerprint density at radius 1 is 1.17 bits per heavy atom. The lowest BCUT2D eigenvalue weighted by atomic mass is 9.97. The van der Waals surface area contributed by atoms with Gasteiger partial charge in [0, 0.05) is 28.0 Å². The van der Waals surface area contributed by atoms with Crippen molar-refractivity contribution in [3.8, 4) is 11.3 Å². The fourth-order valence-electron chi connectivity index (χ4n) is 2.69. The summed E-state index contributed by atoms with van der Waals surface area (Å²) in [6.07, 6.45) is 4.71. The maximum Gasteiger partial charge on any atom is 0.203 e. The number of halogens is 1. The van der Waals surface area contributed by atoms with E-state index in [0.29, 0.717) is 5.02 Å². The highest BCUT2D eigenvalue weighted by atomic mass is 35.5. The van der Waals surface area contributed by atoms with E-state index in [2.05, 4.69) is 15.5 Å². The summed E-state index contributed by atoms with van der Waals surface area (Å²) in [6, 6.07) is 9.68. The van der Waals surface area contributed by atoms with Gasteiger partial charge in [0.25, 0.3) is 0 Å². The second-order valence-electron chi connectivity index (χ2n) is 5.30. The van der Waals surface area contributed by atoms with E-state index in [1.807, 2.05) is 35.7 Å². The molecular formula is C17H14ClN3OS. The first-order valence-corrected chi connectivity index (χ1v) is 8.67. The number of fused-ring (bicyclic) bond motifs is 1. The summed E-state index contributed by atoms with van der Waals surface area (Å²) in [4.78, 5) is 4.56. The molecule has 0 amide bonds. The van der Waals surface area contributed by atoms with Gasteiger partial charge in [-0.25, -0.2) is 4.98 Å². The van der Waals surface area contributed by atoms with Gasteiger partial charge in [-0.15, -0.1) is 11.3 Å². The average molecular weight is 344 g/mol. The summed E-state index contributed by atoms with van der Waals surface area (Å²) in [5.74, 6) is 1.02. The van der Waals surface area contributed by atoms with Crippen LogP contribution in [0.5, 0.6) is 0 Å². The Hall–Kier alpha value is -2.11. The maximum atomic E-state index is 6.22. The van der Waals surface area contributed by atoms with E-state index in [4.69, 9.17) is 16.0 Å². The van der Waals surface area contributed by atoms with Crippen LogP contribution >= 0.6 is 22.9 Å². The van der Waals surface area contributed by atoms with Crippen molar-refractivity contribution in [3.63, 3.8) is 0 Å². The Morgan fingerprint density at radius 3 is 3.00 bits per heavy atom. The van der Waals surface area contributed by atoms with E-state index < -0.39 is 0 Å². The van der Waals surface area contributed by atoms with Gasteiger partial charge in [-0.3, -0.25) is 5.43 Å². The zero-order valence-electron chi connectivity index (χ0n) is 12.3. The number of benzene rings is 1. The van der Waals surface area contributed by atoms with Crippen molar-refractivity contribution in [2.45, 2.75) is 19.3 Å². The normalized spacial score (nSPS) is 15.6. The molecule has 0 bridgehead atoms. The summed E-state index contributed by atoms with van der Waals surface area (Å²) < 4.78 is 5.48. The zero-order chi connectivity index (χ0) is 15.6. The Labute approximate surface area is 142 Å². The van der Waals surface area contributed by atoms with Gasteiger partial charge in [-0.05, 0) is 25.0 Å². The third kappa shape index (κ3) is 2.90. The monoisotopic (exact) mass is 343 g/mol. The molecule has 0 radical (unpaired) electrons. The van der Waals surface area contributed by atoms with Crippen molar-refractivity contribution >= 4 is 33.8 Å². The molecule has 1 aliphatic carbocycles. The first-order chi connectivity index (χ1) is 11.3. The van der Waals surface area contributed by atoms with Crippen LogP contribution in [0.1, 0.15) is 24.2 Å². The van der Waals surface area contributed by atoms with Crippen molar-refractivity contribution in [2.24, 2.45) is 5.10 Å². The van der Waals surface area contributed by atoms with Crippen LogP contribution < -0.4 is 5.43 Å². The van der Waals surface area contributed by atoms with Crippen molar-refractivity contribution < 1.29 is 4.42 Å². The number of nitrogens with one attached hydrogen (secondary N) is 1. The molecule has 0 atom stereocenters. The minimum atomic E-state index is 0.700. The van der Waals surface area contributed by atoms with Crippen LogP contribution in [0, 0.1) is 0 Å². The smallest absolute Gasteiger partial charge is 0.203 e. The molecule has 0 fully saturated rings. The van der Waals surface area contributed by atoms with Crippen LogP contribution in [0.3, 0.4) is 0 Å². The second kappa shape index (κ2) is 6.18. The van der Waals surface area contributed by atoms with Gasteiger partial charge in [0.05, 0.1) is 17.7 Å². The SMILES string of the molecule is Clc1ccccc1-c1csc(NN=C2CCCc3occc32)n1. The van der Waals surface area contributed by atoms with E-state index in [9.17, 15) is 0 Å². The number of hydrogen-bond acceptors (Lipinski definition) is 5. The topological polar surface area (TPSA) is 50.4 Å². The molecule has 2 heterocycles. The molecule has 23 heavy (non-hydrogen) atoms. The molecule has 0 aliphatic heterocycles. The molecule has 0 unspecified atom stereocenters. The van der Waals surface area contributed by atoms with Gasteiger partial charge in [-0.1, -0.05) is 29.8 Å². The van der Waals surface area contributed by atoms with Crippen molar-refractivity contribution in [1.82, 2.24) is 4.98 Å². The second-order valence-corrected chi connectivity index (χ2v) is 6.56. The predicted molar refractivity (Wildman–Crippen MR) is 94.4 cm³/mol. The number of rotatable bonds is 3. The molecule has 6 heteroatoms. The van der Waals surface area contributed by atoms with Crippen LogP contribution in [0.2, 0.25) is 5.02 Å². The Balaban J connectivity index is 1.56. The maximum absolute atomic E-state index is 6.22. The summed E-state index contributed by atoms with van der Waals surface area (Å²) in [6.45, 7) is 0. The third-order valence-electron chi connectivity index (χ3n) is 3.81. The average Bonchev–Trinajstić information content (AvgIpc) is 3.22. The highest BCUT2D eigenvalue weighted by molar-refractivity contribution is 7.14. The van der Waals surface area contributed by atoms with Gasteiger partial charge >= 0.3 is 0 Å². The highest BCUT2D eigenvalue weighted by Gasteiger charge is 2.18. The number of thiazole rings is 1. The van der Waals surface area contributed by atoms with Crippen LogP contribution in [0.25, 0.3) is 11.3 Å². The number of furan rings is 1. The van der Waals surface area contributed by atoms with Crippen molar-refractivity contribution in [1.29, 1.82) is 0 Å². The van der Waals surface area contributed by atoms with Crippen molar-refractivity contribution in [3.05, 3.63) is 58.3 Å². The molecule has 0 spiro atoms. The van der Waals surface area contributed by atoms with Gasteiger partial charge in [0.15, 0.2) is 0 Å². The summed E-state index contributed by atoms with van der Waals surface area (Å²) in [5, 5.41) is 7.95. The molecule has 4 rings (SSSR count). The first-order valence-electron chi connectivity index (χ1n) is 7.41. The van der Waals surface area contributed by atoms with E-state index in [1.165, 1.54) is 11.3 Å². The number of nitrogens with zero attached hydrogens (tertiary/aromatic N) is 2. The lowest BCUT2D eigenvalue weighted by Gasteiger charge is -2.12.